The molecule has 0 heterocycles. The molecule has 2 aromatic rings. The number of rotatable bonds is 3. The van der Waals surface area contributed by atoms with Gasteiger partial charge in [0.05, 0.1) is 20.1 Å². The maximum absolute atomic E-state index is 12.1. The van der Waals surface area contributed by atoms with Crippen molar-refractivity contribution in [2.45, 2.75) is 4.90 Å². The molecule has 0 spiro atoms. The largest absolute Gasteiger partial charge is 0.379 e. The Labute approximate surface area is 136 Å². The predicted molar refractivity (Wildman–Crippen MR) is 80.7 cm³/mol. The van der Waals surface area contributed by atoms with Gasteiger partial charge in [0, 0.05) is 6.07 Å². The Morgan fingerprint density at radius 3 is 1.85 bits per heavy atom. The van der Waals surface area contributed by atoms with Gasteiger partial charge in [-0.2, -0.15) is 8.42 Å². The van der Waals surface area contributed by atoms with Crippen LogP contribution >= 0.6 is 46.4 Å². The molecular formula is C12H6Cl4O3S. The van der Waals surface area contributed by atoms with Crippen LogP contribution in [0.2, 0.25) is 20.1 Å². The molecule has 0 aliphatic heterocycles. The molecule has 2 aromatic carbocycles. The van der Waals surface area contributed by atoms with Gasteiger partial charge in [-0.05, 0) is 30.3 Å². The Hall–Kier alpha value is -0.650. The van der Waals surface area contributed by atoms with E-state index in [4.69, 9.17) is 50.6 Å². The summed E-state index contributed by atoms with van der Waals surface area (Å²) in [6, 6.07) is 8.00. The van der Waals surface area contributed by atoms with Gasteiger partial charge in [-0.1, -0.05) is 46.4 Å². The maximum atomic E-state index is 12.1. The molecule has 0 bridgehead atoms. The minimum Gasteiger partial charge on any atom is -0.379 e. The standard InChI is InChI=1S/C12H6Cl4O3S/c13-9-3-1-7(5-11(9)15)19-20(17,18)8-2-4-10(14)12(16)6-8/h1-6H. The van der Waals surface area contributed by atoms with Gasteiger partial charge in [-0.15, -0.1) is 0 Å². The first kappa shape index (κ1) is 15.7. The molecule has 0 amide bonds. The summed E-state index contributed by atoms with van der Waals surface area (Å²) in [7, 11) is -4.03. The summed E-state index contributed by atoms with van der Waals surface area (Å²) in [4.78, 5) is -0.113. The van der Waals surface area contributed by atoms with E-state index in [1.54, 1.807) is 0 Å². The summed E-state index contributed by atoms with van der Waals surface area (Å²) in [6.45, 7) is 0. The van der Waals surface area contributed by atoms with Crippen LogP contribution < -0.4 is 4.18 Å². The normalized spacial score (nSPS) is 11.4. The molecule has 0 aliphatic carbocycles. The second-order valence-corrected chi connectivity index (χ2v) is 6.86. The molecule has 0 aliphatic rings. The van der Waals surface area contributed by atoms with Crippen LogP contribution in [0.5, 0.6) is 5.75 Å². The third kappa shape index (κ3) is 3.51. The Kier molecular flexibility index (Phi) is 4.72. The van der Waals surface area contributed by atoms with Crippen LogP contribution in [0, 0.1) is 0 Å². The molecular weight excluding hydrogens is 366 g/mol. The summed E-state index contributed by atoms with van der Waals surface area (Å²) in [5.41, 5.74) is 0. The second kappa shape index (κ2) is 6.00. The summed E-state index contributed by atoms with van der Waals surface area (Å²) < 4.78 is 29.1. The van der Waals surface area contributed by atoms with E-state index >= 15 is 0 Å². The molecule has 0 radical (unpaired) electrons. The average Bonchev–Trinajstić information content (AvgIpc) is 2.37. The summed E-state index contributed by atoms with van der Waals surface area (Å²) in [6.07, 6.45) is 0. The molecule has 0 saturated carbocycles. The van der Waals surface area contributed by atoms with Gasteiger partial charge in [0.25, 0.3) is 0 Å². The molecule has 20 heavy (non-hydrogen) atoms. The van der Waals surface area contributed by atoms with Gasteiger partial charge in [0.15, 0.2) is 0 Å². The number of hydrogen-bond donors (Lipinski definition) is 0. The SMILES string of the molecule is O=S(=O)(Oc1ccc(Cl)c(Cl)c1)c1ccc(Cl)c(Cl)c1. The van der Waals surface area contributed by atoms with E-state index in [0.29, 0.717) is 5.02 Å². The Morgan fingerprint density at radius 1 is 0.750 bits per heavy atom. The van der Waals surface area contributed by atoms with Crippen LogP contribution in [0.1, 0.15) is 0 Å². The molecule has 106 valence electrons. The maximum Gasteiger partial charge on any atom is 0.339 e. The molecule has 2 rings (SSSR count). The fourth-order valence-electron chi connectivity index (χ4n) is 1.34. The van der Waals surface area contributed by atoms with Crippen molar-refractivity contribution < 1.29 is 12.6 Å². The van der Waals surface area contributed by atoms with Crippen molar-refractivity contribution in [1.29, 1.82) is 0 Å². The van der Waals surface area contributed by atoms with Gasteiger partial charge < -0.3 is 4.18 Å². The molecule has 0 atom stereocenters. The molecule has 3 nitrogen and oxygen atoms in total. The smallest absolute Gasteiger partial charge is 0.339 e. The van der Waals surface area contributed by atoms with E-state index in [1.165, 1.54) is 36.4 Å². The zero-order valence-corrected chi connectivity index (χ0v) is 13.4. The van der Waals surface area contributed by atoms with E-state index in [-0.39, 0.29) is 25.7 Å². The van der Waals surface area contributed by atoms with Crippen LogP contribution in [-0.4, -0.2) is 8.42 Å². The first-order chi connectivity index (χ1) is 9.29. The lowest BCUT2D eigenvalue weighted by atomic mass is 10.3. The number of hydrogen-bond acceptors (Lipinski definition) is 3. The van der Waals surface area contributed by atoms with Gasteiger partial charge in [0.1, 0.15) is 10.6 Å². The van der Waals surface area contributed by atoms with E-state index < -0.39 is 10.1 Å². The molecule has 0 N–H and O–H groups in total. The van der Waals surface area contributed by atoms with Crippen LogP contribution in [0.15, 0.2) is 41.3 Å². The molecule has 8 heteroatoms. The van der Waals surface area contributed by atoms with Crippen molar-refractivity contribution in [3.8, 4) is 5.75 Å². The molecule has 0 fully saturated rings. The topological polar surface area (TPSA) is 43.4 Å². The van der Waals surface area contributed by atoms with E-state index in [0.717, 1.165) is 0 Å². The van der Waals surface area contributed by atoms with Crippen LogP contribution in [0.3, 0.4) is 0 Å². The highest BCUT2D eigenvalue weighted by Crippen LogP contribution is 2.30. The summed E-state index contributed by atoms with van der Waals surface area (Å²) >= 11 is 23.0. The number of benzene rings is 2. The number of halogens is 4. The lowest BCUT2D eigenvalue weighted by Gasteiger charge is -2.08. The van der Waals surface area contributed by atoms with E-state index in [2.05, 4.69) is 0 Å². The van der Waals surface area contributed by atoms with Gasteiger partial charge >= 0.3 is 10.1 Å². The fourth-order valence-corrected chi connectivity index (χ4v) is 2.94. The predicted octanol–water partition coefficient (Wildman–Crippen LogP) is 5.07. The monoisotopic (exact) mass is 370 g/mol. The van der Waals surface area contributed by atoms with Crippen LogP contribution in [0.25, 0.3) is 0 Å². The summed E-state index contributed by atoms with van der Waals surface area (Å²) in [5, 5.41) is 0.852. The highest BCUT2D eigenvalue weighted by molar-refractivity contribution is 7.87. The Morgan fingerprint density at radius 2 is 1.30 bits per heavy atom. The highest BCUT2D eigenvalue weighted by Gasteiger charge is 2.18. The van der Waals surface area contributed by atoms with Crippen LogP contribution in [-0.2, 0) is 10.1 Å². The zero-order valence-electron chi connectivity index (χ0n) is 9.61. The molecule has 0 aromatic heterocycles. The first-order valence-corrected chi connectivity index (χ1v) is 8.06. The van der Waals surface area contributed by atoms with E-state index in [1.807, 2.05) is 0 Å². The third-order valence-electron chi connectivity index (χ3n) is 2.28. The van der Waals surface area contributed by atoms with Crippen molar-refractivity contribution in [3.63, 3.8) is 0 Å². The molecule has 0 saturated heterocycles. The van der Waals surface area contributed by atoms with E-state index in [9.17, 15) is 8.42 Å². The Balaban J connectivity index is 2.35. The van der Waals surface area contributed by atoms with Crippen molar-refractivity contribution in [2.75, 3.05) is 0 Å². The Bertz CT molecular complexity index is 759. The third-order valence-corrected chi connectivity index (χ3v) is 5.00. The quantitative estimate of drug-likeness (QED) is 0.707. The first-order valence-electron chi connectivity index (χ1n) is 5.14. The van der Waals surface area contributed by atoms with Gasteiger partial charge in [0.2, 0.25) is 0 Å². The van der Waals surface area contributed by atoms with Crippen molar-refractivity contribution in [3.05, 3.63) is 56.5 Å². The lowest BCUT2D eigenvalue weighted by molar-refractivity contribution is 0.486. The zero-order chi connectivity index (χ0) is 14.9. The second-order valence-electron chi connectivity index (χ2n) is 3.69. The lowest BCUT2D eigenvalue weighted by Crippen LogP contribution is -2.09. The molecule has 0 unspecified atom stereocenters. The van der Waals surface area contributed by atoms with Crippen molar-refractivity contribution >= 4 is 56.5 Å². The average molecular weight is 372 g/mol. The minimum absolute atomic E-state index is 0.0467. The highest BCUT2D eigenvalue weighted by atomic mass is 35.5. The van der Waals surface area contributed by atoms with Gasteiger partial charge in [-0.3, -0.25) is 0 Å². The minimum atomic E-state index is -4.03. The van der Waals surface area contributed by atoms with Crippen molar-refractivity contribution in [2.24, 2.45) is 0 Å². The van der Waals surface area contributed by atoms with Gasteiger partial charge in [-0.25, -0.2) is 0 Å². The van der Waals surface area contributed by atoms with Crippen molar-refractivity contribution in [1.82, 2.24) is 0 Å². The summed E-state index contributed by atoms with van der Waals surface area (Å²) in [5.74, 6) is 0.0467. The van der Waals surface area contributed by atoms with Crippen LogP contribution in [0.4, 0.5) is 0 Å². The fraction of sp³-hybridized carbons (Fsp3) is 0.